The standard InChI is InChI=1S/C7H13N3OS.2C7H11NO2.C6H10N2O2.C6H12N2O.C6H10N2O.C6H11NO2.C5H9N3O.C5H11N3O.C5H9N3O/c1-5(2)10-7(11)9(3)6(8-10)12-4;1-5(2)8-4-6(9)3-7(8)10;1-5(2)8-6(9)3-4-7(8)10;1-4(2)8-5(9)3-7-6(8)10;2*1-5(2)8-6(9)3-4-7-8;1-5(2)7-6(8)3-4-9-7;1-4(2)8-3-6-7-5(8)9;2*1-4(2)8-5(9)6-3-7-8/h5H,1-4H3;2*5H,3-4H2,1-2H3;4H,3H2,1-2H3,(H,7,10);5,7H,3-4H2,1-2H3;4-5H,3H2,1-2H3;5H,3-4H2,1-2H3;3-4H,1-2H3,(H,7,9);4,7H,3H2,1-2H3,(H,6,9);3-4H,1-2H3,(H,6,7,9). The first-order valence-corrected chi connectivity index (χ1v) is 33.3. The highest BCUT2D eigenvalue weighted by molar-refractivity contribution is 7.98. The van der Waals surface area contributed by atoms with Gasteiger partial charge < -0.3 is 15.5 Å². The van der Waals surface area contributed by atoms with Crippen LogP contribution in [0.25, 0.3) is 0 Å². The lowest BCUT2D eigenvalue weighted by Gasteiger charge is -2.19. The number of hydroxylamine groups is 2. The quantitative estimate of drug-likeness (QED) is 0.0695. The van der Waals surface area contributed by atoms with E-state index in [0.29, 0.717) is 58.0 Å². The zero-order valence-electron chi connectivity index (χ0n) is 60.1. The topological polar surface area (TPSA) is 404 Å². The van der Waals surface area contributed by atoms with E-state index in [4.69, 9.17) is 4.84 Å². The molecule has 96 heavy (non-hydrogen) atoms. The lowest BCUT2D eigenvalue weighted by Crippen LogP contribution is -2.39. The molecule has 3 aromatic heterocycles. The van der Waals surface area contributed by atoms with Crippen LogP contribution < -0.4 is 38.6 Å². The second-order valence-corrected chi connectivity index (χ2v) is 25.6. The van der Waals surface area contributed by atoms with Gasteiger partial charge in [-0.3, -0.25) is 77.1 Å². The Morgan fingerprint density at radius 2 is 1.11 bits per heavy atom. The summed E-state index contributed by atoms with van der Waals surface area (Å²) < 4.78 is 5.97. The molecule has 0 aromatic carbocycles. The summed E-state index contributed by atoms with van der Waals surface area (Å²) >= 11 is 1.48. The van der Waals surface area contributed by atoms with E-state index in [9.17, 15) is 62.3 Å². The Labute approximate surface area is 566 Å². The number of hydrogen-bond donors (Lipinski definition) is 6. The second-order valence-electron chi connectivity index (χ2n) is 24.8. The van der Waals surface area contributed by atoms with Crippen LogP contribution in [0.5, 0.6) is 0 Å². The molecule has 0 radical (unpaired) electrons. The SMILES string of the molecule is CC(C)N1C(=O)CCC1=O.CC(C)N1C(=O)CNC1=O.CC(C)N1CC(=O)CC1=O.CC(C)N1N=CCC1=O.CC(C)N1NCCC1=O.CC(C)N1NCNC1=O.CC(C)N1OCCC1=O.CC(C)n1cn[nH]c1=O.CC(C)n1nc[nH]c1=O.CSc1nn(C(C)C)c(=O)n1C. The van der Waals surface area contributed by atoms with E-state index in [-0.39, 0.29) is 144 Å². The smallest absolute Gasteiger partial charge is 0.333 e. The van der Waals surface area contributed by atoms with E-state index in [1.165, 1.54) is 58.2 Å². The van der Waals surface area contributed by atoms with Crippen LogP contribution in [0.1, 0.15) is 195 Å². The van der Waals surface area contributed by atoms with Crippen LogP contribution in [0.2, 0.25) is 0 Å². The van der Waals surface area contributed by atoms with Crippen LogP contribution >= 0.6 is 11.8 Å². The van der Waals surface area contributed by atoms with Crippen molar-refractivity contribution in [2.45, 2.75) is 243 Å². The van der Waals surface area contributed by atoms with Crippen molar-refractivity contribution in [2.75, 3.05) is 39.2 Å². The molecule has 6 fully saturated rings. The number of carbonyl (C=O) groups is 10. The number of urea groups is 2. The van der Waals surface area contributed by atoms with E-state index >= 15 is 0 Å². The fourth-order valence-electron chi connectivity index (χ4n) is 8.78. The molecule has 11 amide bonds. The van der Waals surface area contributed by atoms with Crippen molar-refractivity contribution in [3.63, 3.8) is 0 Å². The Hall–Kier alpha value is -8.38. The summed E-state index contributed by atoms with van der Waals surface area (Å²) in [4.78, 5) is 153. The number of H-pyrrole nitrogens is 2. The van der Waals surface area contributed by atoms with E-state index in [0.717, 1.165) is 11.7 Å². The van der Waals surface area contributed by atoms with Gasteiger partial charge >= 0.3 is 29.1 Å². The number of amides is 11. The van der Waals surface area contributed by atoms with E-state index in [1.807, 2.05) is 145 Å². The molecule has 7 aliphatic heterocycles. The molecule has 35 nitrogen and oxygen atoms in total. The highest BCUT2D eigenvalue weighted by Crippen LogP contribution is 2.15. The maximum atomic E-state index is 11.4. The molecule has 10 rings (SSSR count). The van der Waals surface area contributed by atoms with Gasteiger partial charge in [-0.05, 0) is 145 Å². The molecular weight excluding hydrogens is 1270 g/mol. The van der Waals surface area contributed by atoms with Gasteiger partial charge in [-0.2, -0.15) is 15.3 Å². The molecule has 6 N–H and O–H groups in total. The predicted molar refractivity (Wildman–Crippen MR) is 360 cm³/mol. The van der Waals surface area contributed by atoms with Crippen molar-refractivity contribution in [1.82, 2.24) is 100 Å². The molecule has 10 heterocycles. The molecular formula is C60H107N21O14S. The van der Waals surface area contributed by atoms with Gasteiger partial charge in [0.25, 0.3) is 0 Å². The minimum atomic E-state index is -0.278. The molecule has 6 saturated heterocycles. The second kappa shape index (κ2) is 42.2. The van der Waals surface area contributed by atoms with Crippen LogP contribution in [0.15, 0.2) is 37.3 Å². The largest absolute Gasteiger partial charge is 0.346 e. The number of hydrazone groups is 1. The Balaban J connectivity index is 0.000000534. The van der Waals surface area contributed by atoms with Gasteiger partial charge in [0.15, 0.2) is 10.9 Å². The minimum Gasteiger partial charge on any atom is -0.333 e. The monoisotopic (exact) mass is 1380 g/mol. The fourth-order valence-corrected chi connectivity index (χ4v) is 9.31. The summed E-state index contributed by atoms with van der Waals surface area (Å²) in [5.74, 6) is 0.235. The Bertz CT molecular complexity index is 3010. The summed E-state index contributed by atoms with van der Waals surface area (Å²) in [6.07, 6.45) is 9.00. The number of likely N-dealkylation sites (tertiary alicyclic amines) is 2. The number of hydrazine groups is 2. The van der Waals surface area contributed by atoms with Gasteiger partial charge in [0, 0.05) is 81.4 Å². The van der Waals surface area contributed by atoms with Crippen LogP contribution in [0, 0.1) is 0 Å². The average Bonchev–Trinajstić information content (AvgIpc) is 1.70. The number of hydrogen-bond acceptors (Lipinski definition) is 21. The number of nitrogens with zero attached hydrogens (tertiary/aromatic N) is 15. The van der Waals surface area contributed by atoms with Crippen LogP contribution in [0.3, 0.4) is 0 Å². The Morgan fingerprint density at radius 3 is 1.33 bits per heavy atom. The van der Waals surface area contributed by atoms with Gasteiger partial charge in [-0.1, -0.05) is 11.8 Å². The molecule has 0 spiro atoms. The summed E-state index contributed by atoms with van der Waals surface area (Å²) in [5.41, 5.74) is 5.52. The molecule has 0 unspecified atom stereocenters. The van der Waals surface area contributed by atoms with E-state index < -0.39 is 0 Å². The van der Waals surface area contributed by atoms with Gasteiger partial charge in [0.2, 0.25) is 41.4 Å². The molecule has 7 aliphatic rings. The molecule has 0 aliphatic carbocycles. The van der Waals surface area contributed by atoms with Crippen molar-refractivity contribution in [3.8, 4) is 0 Å². The van der Waals surface area contributed by atoms with Gasteiger partial charge in [0.1, 0.15) is 12.7 Å². The van der Waals surface area contributed by atoms with Gasteiger partial charge in [-0.15, -0.1) is 5.10 Å². The lowest BCUT2D eigenvalue weighted by atomic mass is 10.3. The zero-order chi connectivity index (χ0) is 73.6. The van der Waals surface area contributed by atoms with E-state index in [2.05, 4.69) is 52.0 Å². The lowest BCUT2D eigenvalue weighted by molar-refractivity contribution is -0.170. The normalized spacial score (nSPS) is 16.5. The third-order valence-electron chi connectivity index (χ3n) is 13.6. The number of rotatable bonds is 11. The zero-order valence-corrected chi connectivity index (χ0v) is 60.9. The first-order chi connectivity index (χ1) is 44.7. The third kappa shape index (κ3) is 28.1. The van der Waals surface area contributed by atoms with Crippen LogP contribution in [-0.2, 0) is 50.2 Å². The number of imide groups is 2. The number of aromatic amines is 2. The average molecular weight is 1380 g/mol. The number of aromatic nitrogens is 9. The molecule has 3 aromatic rings. The molecule has 36 heteroatoms. The summed E-state index contributed by atoms with van der Waals surface area (Å²) in [5, 5.41) is 29.7. The van der Waals surface area contributed by atoms with Crippen molar-refractivity contribution in [3.05, 3.63) is 44.1 Å². The molecule has 0 atom stereocenters. The van der Waals surface area contributed by atoms with Gasteiger partial charge in [-0.25, -0.2) is 59.4 Å². The number of carbonyl (C=O) groups excluding carboxylic acids is 10. The predicted octanol–water partition coefficient (Wildman–Crippen LogP) is 3.06. The minimum absolute atomic E-state index is 0.0278. The van der Waals surface area contributed by atoms with Crippen molar-refractivity contribution >= 4 is 77.2 Å². The maximum absolute atomic E-state index is 11.4. The first kappa shape index (κ1) is 85.6. The van der Waals surface area contributed by atoms with E-state index in [1.54, 1.807) is 32.7 Å². The number of thioether (sulfide) groups is 1. The Kier molecular flexibility index (Phi) is 37.7. The Morgan fingerprint density at radius 1 is 0.531 bits per heavy atom. The van der Waals surface area contributed by atoms with Gasteiger partial charge in [0.05, 0.1) is 63.8 Å². The van der Waals surface area contributed by atoms with Crippen molar-refractivity contribution < 1.29 is 52.8 Å². The number of Topliss-reactive ketones (excluding diaryl/α,β-unsaturated/α-hetero) is 1. The van der Waals surface area contributed by atoms with Crippen LogP contribution in [0.4, 0.5) is 9.59 Å². The van der Waals surface area contributed by atoms with Crippen molar-refractivity contribution in [2.24, 2.45) is 12.1 Å². The third-order valence-corrected chi connectivity index (χ3v) is 14.3. The number of ketones is 1. The van der Waals surface area contributed by atoms with Crippen LogP contribution in [-0.4, -0.2) is 226 Å². The summed E-state index contributed by atoms with van der Waals surface area (Å²) in [7, 11) is 1.74. The highest BCUT2D eigenvalue weighted by Gasteiger charge is 2.32. The molecule has 0 saturated carbocycles. The first-order valence-electron chi connectivity index (χ1n) is 32.1. The number of nitrogens with one attached hydrogen (secondary N) is 6. The summed E-state index contributed by atoms with van der Waals surface area (Å²) in [6.45, 7) is 40.7. The van der Waals surface area contributed by atoms with Crippen molar-refractivity contribution in [1.29, 1.82) is 0 Å². The maximum Gasteiger partial charge on any atom is 0.346 e. The molecule has 542 valence electrons. The fraction of sp³-hybridized carbons (Fsp3) is 0.717. The molecule has 0 bridgehead atoms. The summed E-state index contributed by atoms with van der Waals surface area (Å²) in [6, 6.07) is 1.22. The highest BCUT2D eigenvalue weighted by atomic mass is 32.2.